The van der Waals surface area contributed by atoms with Gasteiger partial charge in [-0.25, -0.2) is 9.97 Å². The molecule has 0 radical (unpaired) electrons. The highest BCUT2D eigenvalue weighted by Crippen LogP contribution is 2.28. The number of nitrogens with one attached hydrogen (secondary N) is 1. The maximum Gasteiger partial charge on any atom is 0.255 e. The van der Waals surface area contributed by atoms with Crippen LogP contribution in [-0.4, -0.2) is 51.9 Å². The van der Waals surface area contributed by atoms with Gasteiger partial charge >= 0.3 is 0 Å². The van der Waals surface area contributed by atoms with Crippen molar-refractivity contribution in [3.63, 3.8) is 0 Å². The van der Waals surface area contributed by atoms with E-state index in [1.165, 1.54) is 36.4 Å². The van der Waals surface area contributed by atoms with E-state index >= 15 is 0 Å². The molecule has 26 heavy (non-hydrogen) atoms. The van der Waals surface area contributed by atoms with Crippen molar-refractivity contribution in [3.05, 3.63) is 51.3 Å². The first kappa shape index (κ1) is 16.8. The second-order valence-corrected chi connectivity index (χ2v) is 6.95. The van der Waals surface area contributed by atoms with E-state index in [1.807, 2.05) is 11.8 Å². The maximum absolute atomic E-state index is 12.6. The van der Waals surface area contributed by atoms with Gasteiger partial charge in [-0.15, -0.1) is 0 Å². The van der Waals surface area contributed by atoms with E-state index in [0.29, 0.717) is 18.7 Å². The lowest BCUT2D eigenvalue weighted by molar-refractivity contribution is 0.0746. The molecule has 7 nitrogen and oxygen atoms in total. The van der Waals surface area contributed by atoms with Crippen molar-refractivity contribution >= 4 is 11.7 Å². The first-order valence-electron chi connectivity index (χ1n) is 9.21. The van der Waals surface area contributed by atoms with Crippen LogP contribution in [0, 0.1) is 6.92 Å². The van der Waals surface area contributed by atoms with Gasteiger partial charge in [0.15, 0.2) is 0 Å². The zero-order valence-electron chi connectivity index (χ0n) is 15.0. The molecule has 1 aliphatic carbocycles. The molecule has 136 valence electrons. The van der Waals surface area contributed by atoms with E-state index in [1.54, 1.807) is 6.07 Å². The highest BCUT2D eigenvalue weighted by Gasteiger charge is 2.26. The van der Waals surface area contributed by atoms with Gasteiger partial charge in [0.1, 0.15) is 11.6 Å². The minimum atomic E-state index is -0.199. The summed E-state index contributed by atoms with van der Waals surface area (Å²) < 4.78 is 0. The zero-order chi connectivity index (χ0) is 18.1. The number of rotatable bonds is 2. The number of piperazine rings is 1. The van der Waals surface area contributed by atoms with Crippen LogP contribution >= 0.6 is 0 Å². The summed E-state index contributed by atoms with van der Waals surface area (Å²) in [6.45, 7) is 4.77. The number of aryl methyl sites for hydroxylation is 2. The third kappa shape index (κ3) is 3.21. The van der Waals surface area contributed by atoms with E-state index in [2.05, 4.69) is 14.9 Å². The molecule has 1 aliphatic heterocycles. The number of anilines is 1. The van der Waals surface area contributed by atoms with Crippen molar-refractivity contribution in [3.8, 4) is 0 Å². The molecule has 1 amide bonds. The summed E-state index contributed by atoms with van der Waals surface area (Å²) in [4.78, 5) is 39.8. The Morgan fingerprint density at radius 3 is 2.58 bits per heavy atom. The van der Waals surface area contributed by atoms with E-state index in [9.17, 15) is 9.59 Å². The second kappa shape index (κ2) is 6.90. The molecule has 0 unspecified atom stereocenters. The van der Waals surface area contributed by atoms with Crippen LogP contribution in [0.5, 0.6) is 0 Å². The Kier molecular flexibility index (Phi) is 4.44. The van der Waals surface area contributed by atoms with Crippen LogP contribution in [0.25, 0.3) is 0 Å². The highest BCUT2D eigenvalue weighted by molar-refractivity contribution is 5.94. The predicted octanol–water partition coefficient (Wildman–Crippen LogP) is 1.31. The van der Waals surface area contributed by atoms with E-state index in [-0.39, 0.29) is 11.5 Å². The summed E-state index contributed by atoms with van der Waals surface area (Å²) in [5.41, 5.74) is 2.82. The Hall–Kier alpha value is -2.70. The molecule has 1 fully saturated rings. The number of fused-ring (bicyclic) bond motifs is 1. The van der Waals surface area contributed by atoms with Crippen LogP contribution in [0.1, 0.15) is 40.3 Å². The Morgan fingerprint density at radius 1 is 1.08 bits per heavy atom. The molecule has 0 bridgehead atoms. The summed E-state index contributed by atoms with van der Waals surface area (Å²) in [6.07, 6.45) is 5.96. The Labute approximate surface area is 152 Å². The number of carbonyl (C=O) groups excluding carboxylic acids is 1. The standard InChI is InChI=1S/C19H23N5O2/c1-13-21-16-5-3-2-4-15(16)18(22-13)23-8-10-24(11-9-23)19(26)14-6-7-17(25)20-12-14/h6-7,12H,2-5,8-11H2,1H3,(H,20,25). The fourth-order valence-corrected chi connectivity index (χ4v) is 3.80. The van der Waals surface area contributed by atoms with E-state index in [4.69, 9.17) is 4.98 Å². The topological polar surface area (TPSA) is 82.2 Å². The van der Waals surface area contributed by atoms with Crippen LogP contribution in [0.15, 0.2) is 23.1 Å². The van der Waals surface area contributed by atoms with Crippen LogP contribution in [0.2, 0.25) is 0 Å². The minimum Gasteiger partial charge on any atom is -0.353 e. The van der Waals surface area contributed by atoms with Gasteiger partial charge in [0.2, 0.25) is 5.56 Å². The lowest BCUT2D eigenvalue weighted by Crippen LogP contribution is -2.49. The molecule has 0 aromatic carbocycles. The molecule has 2 aliphatic rings. The van der Waals surface area contributed by atoms with Gasteiger partial charge in [0.25, 0.3) is 5.91 Å². The highest BCUT2D eigenvalue weighted by atomic mass is 16.2. The molecule has 0 saturated carbocycles. The summed E-state index contributed by atoms with van der Waals surface area (Å²) in [6, 6.07) is 2.97. The Balaban J connectivity index is 1.49. The van der Waals surface area contributed by atoms with Gasteiger partial charge < -0.3 is 14.8 Å². The lowest BCUT2D eigenvalue weighted by atomic mass is 9.96. The molecule has 7 heteroatoms. The van der Waals surface area contributed by atoms with Crippen molar-refractivity contribution < 1.29 is 4.79 Å². The number of nitrogens with zero attached hydrogens (tertiary/aromatic N) is 4. The summed E-state index contributed by atoms with van der Waals surface area (Å²) >= 11 is 0. The van der Waals surface area contributed by atoms with Crippen molar-refractivity contribution in [2.24, 2.45) is 0 Å². The maximum atomic E-state index is 12.6. The summed E-state index contributed by atoms with van der Waals surface area (Å²) in [5, 5.41) is 0. The fraction of sp³-hybridized carbons (Fsp3) is 0.474. The third-order valence-electron chi connectivity index (χ3n) is 5.17. The first-order valence-corrected chi connectivity index (χ1v) is 9.21. The number of aromatic nitrogens is 3. The molecule has 4 rings (SSSR count). The summed E-state index contributed by atoms with van der Waals surface area (Å²) in [7, 11) is 0. The number of aromatic amines is 1. The largest absolute Gasteiger partial charge is 0.353 e. The molecule has 2 aromatic heterocycles. The van der Waals surface area contributed by atoms with Gasteiger partial charge in [-0.3, -0.25) is 9.59 Å². The van der Waals surface area contributed by atoms with E-state index < -0.39 is 0 Å². The molecular weight excluding hydrogens is 330 g/mol. The van der Waals surface area contributed by atoms with Crippen LogP contribution in [-0.2, 0) is 12.8 Å². The average molecular weight is 353 g/mol. The first-order chi connectivity index (χ1) is 12.6. The Bertz CT molecular complexity index is 863. The van der Waals surface area contributed by atoms with Gasteiger partial charge in [-0.05, 0) is 38.7 Å². The molecule has 1 N–H and O–H groups in total. The fourth-order valence-electron chi connectivity index (χ4n) is 3.80. The SMILES string of the molecule is Cc1nc2c(c(N3CCN(C(=O)c4ccc(=O)[nH]c4)CC3)n1)CCCC2. The molecule has 1 saturated heterocycles. The Morgan fingerprint density at radius 2 is 1.85 bits per heavy atom. The zero-order valence-corrected chi connectivity index (χ0v) is 15.0. The second-order valence-electron chi connectivity index (χ2n) is 6.95. The third-order valence-corrected chi connectivity index (χ3v) is 5.17. The number of amides is 1. The number of hydrogen-bond donors (Lipinski definition) is 1. The van der Waals surface area contributed by atoms with Crippen LogP contribution < -0.4 is 10.5 Å². The van der Waals surface area contributed by atoms with Crippen LogP contribution in [0.3, 0.4) is 0 Å². The average Bonchev–Trinajstić information content (AvgIpc) is 2.67. The lowest BCUT2D eigenvalue weighted by Gasteiger charge is -2.37. The van der Waals surface area contributed by atoms with E-state index in [0.717, 1.165) is 37.6 Å². The molecule has 3 heterocycles. The minimum absolute atomic E-state index is 0.0400. The summed E-state index contributed by atoms with van der Waals surface area (Å²) in [5.74, 6) is 1.84. The number of hydrogen-bond acceptors (Lipinski definition) is 5. The van der Waals surface area contributed by atoms with Gasteiger partial charge in [0.05, 0.1) is 5.56 Å². The van der Waals surface area contributed by atoms with Crippen LogP contribution in [0.4, 0.5) is 5.82 Å². The predicted molar refractivity (Wildman–Crippen MR) is 98.6 cm³/mol. The molecule has 2 aromatic rings. The van der Waals surface area contributed by atoms with Crippen molar-refractivity contribution in [1.29, 1.82) is 0 Å². The van der Waals surface area contributed by atoms with Crippen molar-refractivity contribution in [2.45, 2.75) is 32.6 Å². The number of carbonyl (C=O) groups is 1. The van der Waals surface area contributed by atoms with Gasteiger partial charge in [-0.2, -0.15) is 0 Å². The number of H-pyrrole nitrogens is 1. The molecule has 0 atom stereocenters. The number of pyridine rings is 1. The van der Waals surface area contributed by atoms with Gasteiger partial charge in [-0.1, -0.05) is 0 Å². The molecular formula is C19H23N5O2. The van der Waals surface area contributed by atoms with Crippen molar-refractivity contribution in [2.75, 3.05) is 31.1 Å². The normalized spacial score (nSPS) is 17.1. The van der Waals surface area contributed by atoms with Crippen molar-refractivity contribution in [1.82, 2.24) is 19.9 Å². The molecule has 0 spiro atoms. The van der Waals surface area contributed by atoms with Gasteiger partial charge in [0, 0.05) is 49.7 Å². The quantitative estimate of drug-likeness (QED) is 0.880. The monoisotopic (exact) mass is 353 g/mol. The smallest absolute Gasteiger partial charge is 0.255 e.